The Balaban J connectivity index is 1.96. The molecule has 2 amide bonds. The highest BCUT2D eigenvalue weighted by Crippen LogP contribution is 2.31. The number of hydrogen-bond acceptors (Lipinski definition) is 4. The van der Waals surface area contributed by atoms with E-state index in [-0.39, 0.29) is 18.4 Å². The molecule has 6 heteroatoms. The molecule has 1 aromatic carbocycles. The van der Waals surface area contributed by atoms with Crippen LogP contribution >= 0.6 is 0 Å². The maximum Gasteiger partial charge on any atom is 0.262 e. The summed E-state index contributed by atoms with van der Waals surface area (Å²) in [7, 11) is 0. The van der Waals surface area contributed by atoms with Gasteiger partial charge in [0.1, 0.15) is 0 Å². The number of anilines is 1. The first-order valence-corrected chi connectivity index (χ1v) is 6.77. The van der Waals surface area contributed by atoms with E-state index in [0.717, 1.165) is 19.5 Å². The molecule has 0 bridgehead atoms. The minimum atomic E-state index is -0.209. The summed E-state index contributed by atoms with van der Waals surface area (Å²) in [5.41, 5.74) is 0.982. The number of hydrogen-bond donors (Lipinski definition) is 3. The Bertz CT molecular complexity index is 502. The average molecular weight is 277 g/mol. The molecule has 3 N–H and O–H groups in total. The Morgan fingerprint density at radius 2 is 2.20 bits per heavy atom. The Morgan fingerprint density at radius 1 is 1.35 bits per heavy atom. The number of benzene rings is 1. The first-order valence-electron chi connectivity index (χ1n) is 6.77. The monoisotopic (exact) mass is 277 g/mol. The molecule has 0 aromatic heterocycles. The van der Waals surface area contributed by atoms with Crippen LogP contribution in [0.15, 0.2) is 18.2 Å². The summed E-state index contributed by atoms with van der Waals surface area (Å²) in [5, 5.41) is 8.71. The molecule has 6 nitrogen and oxygen atoms in total. The summed E-state index contributed by atoms with van der Waals surface area (Å²) in [6.45, 7) is 4.25. The number of fused-ring (bicyclic) bond motifs is 1. The van der Waals surface area contributed by atoms with Crippen LogP contribution in [-0.4, -0.2) is 38.1 Å². The third kappa shape index (κ3) is 3.48. The maximum absolute atomic E-state index is 12.1. The van der Waals surface area contributed by atoms with Crippen molar-refractivity contribution in [2.24, 2.45) is 0 Å². The van der Waals surface area contributed by atoms with Gasteiger partial charge in [0.05, 0.1) is 11.3 Å². The Labute approximate surface area is 117 Å². The molecular formula is C14H19N3O3. The van der Waals surface area contributed by atoms with Crippen molar-refractivity contribution in [3.05, 3.63) is 23.8 Å². The number of carbonyl (C=O) groups excluding carboxylic acids is 2. The molecule has 108 valence electrons. The highest BCUT2D eigenvalue weighted by Gasteiger charge is 2.21. The lowest BCUT2D eigenvalue weighted by atomic mass is 10.1. The average Bonchev–Trinajstić information content (AvgIpc) is 2.46. The molecule has 0 saturated heterocycles. The quantitative estimate of drug-likeness (QED) is 0.670. The Morgan fingerprint density at radius 3 is 3.00 bits per heavy atom. The van der Waals surface area contributed by atoms with E-state index in [4.69, 9.17) is 4.74 Å². The van der Waals surface area contributed by atoms with Crippen molar-refractivity contribution in [2.45, 2.75) is 13.3 Å². The summed E-state index contributed by atoms with van der Waals surface area (Å²) in [4.78, 5) is 23.3. The third-order valence-corrected chi connectivity index (χ3v) is 2.90. The lowest BCUT2D eigenvalue weighted by Gasteiger charge is -2.20. The first kappa shape index (κ1) is 14.3. The zero-order valence-electron chi connectivity index (χ0n) is 11.5. The van der Waals surface area contributed by atoms with Gasteiger partial charge in [0.15, 0.2) is 12.4 Å². The van der Waals surface area contributed by atoms with Crippen LogP contribution in [0.2, 0.25) is 0 Å². The van der Waals surface area contributed by atoms with Gasteiger partial charge in [-0.3, -0.25) is 9.59 Å². The van der Waals surface area contributed by atoms with Crippen LogP contribution in [0, 0.1) is 0 Å². The van der Waals surface area contributed by atoms with Gasteiger partial charge in [0.25, 0.3) is 11.8 Å². The van der Waals surface area contributed by atoms with Gasteiger partial charge in [0.2, 0.25) is 0 Å². The van der Waals surface area contributed by atoms with Gasteiger partial charge < -0.3 is 20.7 Å². The zero-order valence-corrected chi connectivity index (χ0v) is 11.5. The lowest BCUT2D eigenvalue weighted by molar-refractivity contribution is -0.118. The highest BCUT2D eigenvalue weighted by molar-refractivity contribution is 6.03. The summed E-state index contributed by atoms with van der Waals surface area (Å²) in [6, 6.07) is 5.12. The molecule has 0 spiro atoms. The van der Waals surface area contributed by atoms with Crippen molar-refractivity contribution in [2.75, 3.05) is 31.6 Å². The number of para-hydroxylation sites is 1. The summed E-state index contributed by atoms with van der Waals surface area (Å²) < 4.78 is 5.34. The van der Waals surface area contributed by atoms with E-state index in [1.54, 1.807) is 18.2 Å². The molecule has 0 fully saturated rings. The molecule has 1 heterocycles. The molecule has 0 aliphatic carbocycles. The largest absolute Gasteiger partial charge is 0.481 e. The molecule has 0 saturated carbocycles. The summed E-state index contributed by atoms with van der Waals surface area (Å²) in [6.07, 6.45) is 1.06. The standard InChI is InChI=1S/C14H19N3O3/c1-2-6-15-7-8-16-14(19)10-4-3-5-11-13(10)20-9-12(18)17-11/h3-5,15H,2,6-9H2,1H3,(H,16,19)(H,17,18). The number of carbonyl (C=O) groups is 2. The van der Waals surface area contributed by atoms with E-state index in [1.165, 1.54) is 0 Å². The van der Waals surface area contributed by atoms with Crippen LogP contribution in [0.1, 0.15) is 23.7 Å². The number of nitrogens with one attached hydrogen (secondary N) is 3. The van der Waals surface area contributed by atoms with Gasteiger partial charge in [-0.25, -0.2) is 0 Å². The second-order valence-corrected chi connectivity index (χ2v) is 4.53. The smallest absolute Gasteiger partial charge is 0.262 e. The molecule has 20 heavy (non-hydrogen) atoms. The summed E-state index contributed by atoms with van der Waals surface area (Å²) in [5.74, 6) is 0.0289. The third-order valence-electron chi connectivity index (χ3n) is 2.90. The molecular weight excluding hydrogens is 258 g/mol. The van der Waals surface area contributed by atoms with Gasteiger partial charge in [0, 0.05) is 13.1 Å². The minimum Gasteiger partial charge on any atom is -0.481 e. The molecule has 1 aliphatic heterocycles. The van der Waals surface area contributed by atoms with Gasteiger partial charge in [-0.2, -0.15) is 0 Å². The predicted octanol–water partition coefficient (Wildman–Crippen LogP) is 0.747. The van der Waals surface area contributed by atoms with E-state index in [0.29, 0.717) is 23.5 Å². The van der Waals surface area contributed by atoms with E-state index >= 15 is 0 Å². The normalized spacial score (nSPS) is 13.2. The summed E-state index contributed by atoms with van der Waals surface area (Å²) >= 11 is 0. The fraction of sp³-hybridized carbons (Fsp3) is 0.429. The second kappa shape index (κ2) is 6.91. The van der Waals surface area contributed by atoms with Crippen molar-refractivity contribution in [1.82, 2.24) is 10.6 Å². The number of rotatable bonds is 6. The van der Waals surface area contributed by atoms with E-state index in [2.05, 4.69) is 22.9 Å². The van der Waals surface area contributed by atoms with Crippen molar-refractivity contribution >= 4 is 17.5 Å². The van der Waals surface area contributed by atoms with Gasteiger partial charge in [-0.15, -0.1) is 0 Å². The van der Waals surface area contributed by atoms with Crippen molar-refractivity contribution < 1.29 is 14.3 Å². The van der Waals surface area contributed by atoms with Crippen LogP contribution in [0.25, 0.3) is 0 Å². The SMILES string of the molecule is CCCNCCNC(=O)c1cccc2c1OCC(=O)N2. The van der Waals surface area contributed by atoms with Crippen LogP contribution in [0.5, 0.6) is 5.75 Å². The number of amides is 2. The zero-order chi connectivity index (χ0) is 14.4. The van der Waals surface area contributed by atoms with Gasteiger partial charge in [-0.05, 0) is 25.1 Å². The predicted molar refractivity (Wildman–Crippen MR) is 76.1 cm³/mol. The second-order valence-electron chi connectivity index (χ2n) is 4.53. The van der Waals surface area contributed by atoms with Crippen molar-refractivity contribution in [3.8, 4) is 5.75 Å². The molecule has 2 rings (SSSR count). The van der Waals surface area contributed by atoms with Crippen LogP contribution in [-0.2, 0) is 4.79 Å². The first-order chi connectivity index (χ1) is 9.72. The Hall–Kier alpha value is -2.08. The molecule has 0 radical (unpaired) electrons. The molecule has 0 atom stereocenters. The lowest BCUT2D eigenvalue weighted by Crippen LogP contribution is -2.33. The van der Waals surface area contributed by atoms with E-state index < -0.39 is 0 Å². The van der Waals surface area contributed by atoms with Gasteiger partial charge >= 0.3 is 0 Å². The highest BCUT2D eigenvalue weighted by atomic mass is 16.5. The van der Waals surface area contributed by atoms with Crippen molar-refractivity contribution in [1.29, 1.82) is 0 Å². The van der Waals surface area contributed by atoms with Gasteiger partial charge in [-0.1, -0.05) is 13.0 Å². The van der Waals surface area contributed by atoms with Crippen LogP contribution < -0.4 is 20.7 Å². The molecule has 1 aliphatic rings. The number of ether oxygens (including phenoxy) is 1. The Kier molecular flexibility index (Phi) is 4.95. The fourth-order valence-electron chi connectivity index (χ4n) is 1.96. The van der Waals surface area contributed by atoms with Crippen LogP contribution in [0.4, 0.5) is 5.69 Å². The molecule has 1 aromatic rings. The maximum atomic E-state index is 12.1. The van der Waals surface area contributed by atoms with E-state index in [9.17, 15) is 9.59 Å². The topological polar surface area (TPSA) is 79.5 Å². The molecule has 0 unspecified atom stereocenters. The fourth-order valence-corrected chi connectivity index (χ4v) is 1.96. The minimum absolute atomic E-state index is 0.0602. The van der Waals surface area contributed by atoms with Crippen LogP contribution in [0.3, 0.4) is 0 Å². The van der Waals surface area contributed by atoms with Crippen molar-refractivity contribution in [3.63, 3.8) is 0 Å². The van der Waals surface area contributed by atoms with E-state index in [1.807, 2.05) is 0 Å².